The van der Waals surface area contributed by atoms with E-state index in [9.17, 15) is 13.2 Å². The quantitative estimate of drug-likeness (QED) is 0.525. The molecule has 0 fully saturated rings. The number of hydrogen-bond acceptors (Lipinski definition) is 2. The summed E-state index contributed by atoms with van der Waals surface area (Å²) < 4.78 is 41.1. The first-order chi connectivity index (χ1) is 11.9. The topological polar surface area (TPSA) is 17.8 Å². The first-order valence-corrected chi connectivity index (χ1v) is 8.71. The molecule has 0 N–H and O–H groups in total. The molecule has 0 aliphatic carbocycles. The highest BCUT2D eigenvalue weighted by molar-refractivity contribution is 7.99. The van der Waals surface area contributed by atoms with Crippen LogP contribution in [0, 0.1) is 0 Å². The number of aromatic nitrogens is 2. The van der Waals surface area contributed by atoms with Crippen LogP contribution in [-0.4, -0.2) is 14.8 Å². The van der Waals surface area contributed by atoms with Crippen molar-refractivity contribution in [3.8, 4) is 16.9 Å². The average molecular weight is 362 g/mol. The van der Waals surface area contributed by atoms with Gasteiger partial charge < -0.3 is 0 Å². The van der Waals surface area contributed by atoms with Crippen LogP contribution >= 0.6 is 11.8 Å². The fourth-order valence-electron chi connectivity index (χ4n) is 2.51. The molecule has 0 aliphatic heterocycles. The van der Waals surface area contributed by atoms with E-state index in [0.717, 1.165) is 17.3 Å². The smallest absolute Gasteiger partial charge is 0.287 e. The van der Waals surface area contributed by atoms with Gasteiger partial charge in [0.25, 0.3) is 0 Å². The van der Waals surface area contributed by atoms with Crippen LogP contribution in [0.5, 0.6) is 0 Å². The van der Waals surface area contributed by atoms with Crippen LogP contribution in [0.25, 0.3) is 16.9 Å². The van der Waals surface area contributed by atoms with Crippen molar-refractivity contribution < 1.29 is 13.2 Å². The van der Waals surface area contributed by atoms with Crippen molar-refractivity contribution >= 4 is 11.8 Å². The van der Waals surface area contributed by atoms with E-state index in [1.54, 1.807) is 16.8 Å². The third-order valence-electron chi connectivity index (χ3n) is 3.57. The van der Waals surface area contributed by atoms with E-state index in [-0.39, 0.29) is 5.25 Å². The largest absolute Gasteiger partial charge is 0.416 e. The summed E-state index contributed by atoms with van der Waals surface area (Å²) in [5.41, 5.74) is 1.46. The normalized spacial score (nSPS) is 11.9. The summed E-state index contributed by atoms with van der Waals surface area (Å²) >= 11 is 1.52. The van der Waals surface area contributed by atoms with Crippen molar-refractivity contribution in [3.05, 3.63) is 66.4 Å². The summed E-state index contributed by atoms with van der Waals surface area (Å²) in [7, 11) is 0. The molecule has 2 aromatic carbocycles. The van der Waals surface area contributed by atoms with Gasteiger partial charge >= 0.3 is 6.18 Å². The predicted octanol–water partition coefficient (Wildman–Crippen LogP) is 6.06. The number of nitrogens with zero attached hydrogens (tertiary/aromatic N) is 2. The minimum Gasteiger partial charge on any atom is -0.287 e. The van der Waals surface area contributed by atoms with Gasteiger partial charge in [0.15, 0.2) is 5.16 Å². The first kappa shape index (κ1) is 17.6. The lowest BCUT2D eigenvalue weighted by atomic mass is 10.1. The Hall–Kier alpha value is -2.21. The summed E-state index contributed by atoms with van der Waals surface area (Å²) in [6, 6.07) is 14.9. The van der Waals surface area contributed by atoms with Gasteiger partial charge in [-0.3, -0.25) is 4.57 Å². The molecule has 0 aliphatic rings. The van der Waals surface area contributed by atoms with Crippen LogP contribution in [0.15, 0.2) is 66.0 Å². The molecule has 0 bridgehead atoms. The summed E-state index contributed by atoms with van der Waals surface area (Å²) in [6.07, 6.45) is -2.67. The van der Waals surface area contributed by atoms with E-state index >= 15 is 0 Å². The SMILES string of the molecule is CC(C)Sc1ncc(-c2ccccc2)n1-c1cccc(C(F)(F)F)c1. The van der Waals surface area contributed by atoms with Crippen LogP contribution in [0.1, 0.15) is 19.4 Å². The minimum atomic E-state index is -4.38. The van der Waals surface area contributed by atoms with E-state index < -0.39 is 11.7 Å². The summed E-state index contributed by atoms with van der Waals surface area (Å²) in [6.45, 7) is 4.05. The molecule has 0 radical (unpaired) electrons. The molecule has 3 aromatic rings. The van der Waals surface area contributed by atoms with E-state index in [1.807, 2.05) is 44.2 Å². The first-order valence-electron chi connectivity index (χ1n) is 7.83. The molecule has 0 saturated carbocycles. The summed E-state index contributed by atoms with van der Waals surface area (Å²) in [5.74, 6) is 0. The lowest BCUT2D eigenvalue weighted by Crippen LogP contribution is -2.07. The third kappa shape index (κ3) is 3.90. The molecule has 0 amide bonds. The van der Waals surface area contributed by atoms with Crippen LogP contribution in [-0.2, 0) is 6.18 Å². The van der Waals surface area contributed by atoms with Crippen molar-refractivity contribution in [2.45, 2.75) is 30.4 Å². The fourth-order valence-corrected chi connectivity index (χ4v) is 3.36. The second kappa shape index (κ2) is 6.96. The number of alkyl halides is 3. The zero-order valence-electron chi connectivity index (χ0n) is 13.8. The lowest BCUT2D eigenvalue weighted by Gasteiger charge is -2.15. The number of thioether (sulfide) groups is 1. The monoisotopic (exact) mass is 362 g/mol. The molecule has 1 aromatic heterocycles. The molecular formula is C19H17F3N2S. The van der Waals surface area contributed by atoms with Gasteiger partial charge in [-0.25, -0.2) is 4.98 Å². The van der Waals surface area contributed by atoms with Crippen molar-refractivity contribution in [2.75, 3.05) is 0 Å². The van der Waals surface area contributed by atoms with Gasteiger partial charge in [-0.15, -0.1) is 0 Å². The Bertz CT molecular complexity index is 855. The molecule has 25 heavy (non-hydrogen) atoms. The molecule has 0 spiro atoms. The standard InChI is InChI=1S/C19H17F3N2S/c1-13(2)25-18-23-12-17(14-7-4-3-5-8-14)24(18)16-10-6-9-15(11-16)19(20,21)22/h3-13H,1-2H3. The van der Waals surface area contributed by atoms with Gasteiger partial charge in [-0.2, -0.15) is 13.2 Å². The van der Waals surface area contributed by atoms with E-state index in [4.69, 9.17) is 0 Å². The summed E-state index contributed by atoms with van der Waals surface area (Å²) in [5, 5.41) is 0.934. The minimum absolute atomic E-state index is 0.260. The Balaban J connectivity index is 2.18. The lowest BCUT2D eigenvalue weighted by molar-refractivity contribution is -0.137. The fraction of sp³-hybridized carbons (Fsp3) is 0.211. The second-order valence-corrected chi connectivity index (χ2v) is 7.39. The van der Waals surface area contributed by atoms with E-state index in [1.165, 1.54) is 23.9 Å². The highest BCUT2D eigenvalue weighted by Crippen LogP contribution is 2.34. The number of halogens is 3. The van der Waals surface area contributed by atoms with E-state index in [0.29, 0.717) is 10.8 Å². The van der Waals surface area contributed by atoms with Gasteiger partial charge in [0.1, 0.15) is 0 Å². The maximum absolute atomic E-state index is 13.1. The number of benzene rings is 2. The zero-order chi connectivity index (χ0) is 18.0. The highest BCUT2D eigenvalue weighted by atomic mass is 32.2. The number of rotatable bonds is 4. The molecular weight excluding hydrogens is 345 g/mol. The number of hydrogen-bond donors (Lipinski definition) is 0. The van der Waals surface area contributed by atoms with Gasteiger partial charge in [-0.1, -0.05) is 62.0 Å². The highest BCUT2D eigenvalue weighted by Gasteiger charge is 2.31. The maximum Gasteiger partial charge on any atom is 0.416 e. The van der Waals surface area contributed by atoms with Crippen LogP contribution in [0.2, 0.25) is 0 Å². The van der Waals surface area contributed by atoms with Gasteiger partial charge in [0, 0.05) is 16.5 Å². The van der Waals surface area contributed by atoms with Gasteiger partial charge in [-0.05, 0) is 18.2 Å². The van der Waals surface area contributed by atoms with Crippen LogP contribution < -0.4 is 0 Å². The Labute approximate surface area is 148 Å². The van der Waals surface area contributed by atoms with Crippen molar-refractivity contribution in [3.63, 3.8) is 0 Å². The second-order valence-electron chi connectivity index (χ2n) is 5.84. The van der Waals surface area contributed by atoms with Crippen molar-refractivity contribution in [2.24, 2.45) is 0 Å². The average Bonchev–Trinajstić information content (AvgIpc) is 2.98. The van der Waals surface area contributed by atoms with Crippen molar-refractivity contribution in [1.82, 2.24) is 9.55 Å². The molecule has 0 unspecified atom stereocenters. The zero-order valence-corrected chi connectivity index (χ0v) is 14.6. The maximum atomic E-state index is 13.1. The molecule has 3 rings (SSSR count). The van der Waals surface area contributed by atoms with Gasteiger partial charge in [0.05, 0.1) is 17.5 Å². The third-order valence-corrected chi connectivity index (χ3v) is 4.54. The number of imidazole rings is 1. The Morgan fingerprint density at radius 2 is 1.72 bits per heavy atom. The molecule has 0 atom stereocenters. The van der Waals surface area contributed by atoms with Crippen LogP contribution in [0.4, 0.5) is 13.2 Å². The predicted molar refractivity (Wildman–Crippen MR) is 95.0 cm³/mol. The molecule has 1 heterocycles. The molecule has 6 heteroatoms. The molecule has 0 saturated heterocycles. The van der Waals surface area contributed by atoms with Gasteiger partial charge in [0.2, 0.25) is 0 Å². The van der Waals surface area contributed by atoms with Crippen LogP contribution in [0.3, 0.4) is 0 Å². The Kier molecular flexibility index (Phi) is 4.90. The van der Waals surface area contributed by atoms with E-state index in [2.05, 4.69) is 4.98 Å². The Morgan fingerprint density at radius 1 is 1.00 bits per heavy atom. The Morgan fingerprint density at radius 3 is 2.36 bits per heavy atom. The summed E-state index contributed by atoms with van der Waals surface area (Å²) in [4.78, 5) is 4.45. The molecule has 130 valence electrons. The van der Waals surface area contributed by atoms with Crippen molar-refractivity contribution in [1.29, 1.82) is 0 Å². The molecule has 2 nitrogen and oxygen atoms in total.